The standard InChI is InChI=1S/C17H16Cl2N2O3S/c1-3-11-21(25(2,23)24)13-9-7-12(8-10-13)17(22)20-15-6-4-5-14(18)16(15)19/h3-10H,1,11H2,2H3,(H,20,22). The number of benzene rings is 2. The van der Waals surface area contributed by atoms with Gasteiger partial charge in [-0.25, -0.2) is 8.42 Å². The fourth-order valence-electron chi connectivity index (χ4n) is 2.12. The number of hydrogen-bond donors (Lipinski definition) is 1. The summed E-state index contributed by atoms with van der Waals surface area (Å²) >= 11 is 12.0. The van der Waals surface area contributed by atoms with Crippen molar-refractivity contribution in [1.29, 1.82) is 0 Å². The molecule has 0 fully saturated rings. The topological polar surface area (TPSA) is 66.5 Å². The van der Waals surface area contributed by atoms with Crippen LogP contribution >= 0.6 is 23.2 Å². The van der Waals surface area contributed by atoms with Gasteiger partial charge < -0.3 is 5.32 Å². The first-order valence-corrected chi connectivity index (χ1v) is 9.78. The lowest BCUT2D eigenvalue weighted by Crippen LogP contribution is -2.29. The van der Waals surface area contributed by atoms with Gasteiger partial charge in [-0.2, -0.15) is 0 Å². The Morgan fingerprint density at radius 3 is 2.40 bits per heavy atom. The number of carbonyl (C=O) groups is 1. The normalized spacial score (nSPS) is 11.0. The number of hydrogen-bond acceptors (Lipinski definition) is 3. The molecule has 1 amide bonds. The van der Waals surface area contributed by atoms with E-state index in [-0.39, 0.29) is 17.5 Å². The predicted octanol–water partition coefficient (Wildman–Crippen LogP) is 4.20. The molecule has 8 heteroatoms. The predicted molar refractivity (Wildman–Crippen MR) is 103 cm³/mol. The summed E-state index contributed by atoms with van der Waals surface area (Å²) in [6.45, 7) is 3.70. The SMILES string of the molecule is C=CCN(c1ccc(C(=O)Nc2cccc(Cl)c2Cl)cc1)S(C)(=O)=O. The highest BCUT2D eigenvalue weighted by molar-refractivity contribution is 7.92. The van der Waals surface area contributed by atoms with Crippen LogP contribution in [-0.4, -0.2) is 27.1 Å². The van der Waals surface area contributed by atoms with Gasteiger partial charge in [-0.3, -0.25) is 9.10 Å². The second-order valence-electron chi connectivity index (χ2n) is 5.19. The Kier molecular flexibility index (Phi) is 6.11. The van der Waals surface area contributed by atoms with E-state index in [1.165, 1.54) is 22.5 Å². The number of amides is 1. The minimum absolute atomic E-state index is 0.141. The van der Waals surface area contributed by atoms with E-state index in [9.17, 15) is 13.2 Å². The Balaban J connectivity index is 2.23. The van der Waals surface area contributed by atoms with Crippen molar-refractivity contribution in [2.45, 2.75) is 0 Å². The minimum atomic E-state index is -3.44. The van der Waals surface area contributed by atoms with Gasteiger partial charge in [0.25, 0.3) is 5.91 Å². The fourth-order valence-corrected chi connectivity index (χ4v) is 3.35. The van der Waals surface area contributed by atoms with Crippen molar-refractivity contribution in [2.24, 2.45) is 0 Å². The molecule has 0 aliphatic heterocycles. The van der Waals surface area contributed by atoms with Crippen LogP contribution in [0.2, 0.25) is 10.0 Å². The van der Waals surface area contributed by atoms with E-state index in [1.807, 2.05) is 0 Å². The summed E-state index contributed by atoms with van der Waals surface area (Å²) in [7, 11) is -3.44. The highest BCUT2D eigenvalue weighted by Crippen LogP contribution is 2.30. The molecule has 2 aromatic carbocycles. The van der Waals surface area contributed by atoms with Crippen LogP contribution in [-0.2, 0) is 10.0 Å². The molecule has 0 saturated heterocycles. The number of nitrogens with zero attached hydrogens (tertiary/aromatic N) is 1. The van der Waals surface area contributed by atoms with Crippen LogP contribution < -0.4 is 9.62 Å². The zero-order valence-corrected chi connectivity index (χ0v) is 15.7. The molecule has 132 valence electrons. The van der Waals surface area contributed by atoms with Crippen LogP contribution in [0.25, 0.3) is 0 Å². The molecular weight excluding hydrogens is 383 g/mol. The summed E-state index contributed by atoms with van der Waals surface area (Å²) in [5.74, 6) is -0.384. The molecule has 0 aromatic heterocycles. The molecule has 0 spiro atoms. The number of nitrogens with one attached hydrogen (secondary N) is 1. The fraction of sp³-hybridized carbons (Fsp3) is 0.118. The average Bonchev–Trinajstić information content (AvgIpc) is 2.56. The third-order valence-corrected chi connectivity index (χ3v) is 5.29. The van der Waals surface area contributed by atoms with E-state index in [0.717, 1.165) is 6.26 Å². The van der Waals surface area contributed by atoms with Crippen molar-refractivity contribution in [3.8, 4) is 0 Å². The van der Waals surface area contributed by atoms with E-state index in [0.29, 0.717) is 22.0 Å². The van der Waals surface area contributed by atoms with Crippen molar-refractivity contribution in [1.82, 2.24) is 0 Å². The Morgan fingerprint density at radius 1 is 1.20 bits per heavy atom. The zero-order valence-electron chi connectivity index (χ0n) is 13.4. The molecule has 0 atom stereocenters. The molecule has 0 aliphatic carbocycles. The number of sulfonamides is 1. The van der Waals surface area contributed by atoms with E-state index in [4.69, 9.17) is 23.2 Å². The first kappa shape index (κ1) is 19.3. The summed E-state index contributed by atoms with van der Waals surface area (Å²) < 4.78 is 24.8. The number of rotatable bonds is 6. The number of carbonyl (C=O) groups excluding carboxylic acids is 1. The van der Waals surface area contributed by atoms with Gasteiger partial charge in [-0.05, 0) is 36.4 Å². The highest BCUT2D eigenvalue weighted by Gasteiger charge is 2.16. The maximum atomic E-state index is 12.3. The highest BCUT2D eigenvalue weighted by atomic mass is 35.5. The van der Waals surface area contributed by atoms with Crippen LogP contribution in [0.15, 0.2) is 55.1 Å². The lowest BCUT2D eigenvalue weighted by Gasteiger charge is -2.20. The van der Waals surface area contributed by atoms with Gasteiger partial charge in [0, 0.05) is 5.56 Å². The Bertz CT molecular complexity index is 897. The molecule has 2 rings (SSSR count). The van der Waals surface area contributed by atoms with Crippen molar-refractivity contribution < 1.29 is 13.2 Å². The Morgan fingerprint density at radius 2 is 1.84 bits per heavy atom. The molecule has 25 heavy (non-hydrogen) atoms. The lowest BCUT2D eigenvalue weighted by molar-refractivity contribution is 0.102. The average molecular weight is 399 g/mol. The molecule has 0 bridgehead atoms. The van der Waals surface area contributed by atoms with E-state index in [2.05, 4.69) is 11.9 Å². The van der Waals surface area contributed by atoms with E-state index in [1.54, 1.807) is 30.3 Å². The van der Waals surface area contributed by atoms with Crippen molar-refractivity contribution in [2.75, 3.05) is 22.4 Å². The first-order valence-electron chi connectivity index (χ1n) is 7.18. The largest absolute Gasteiger partial charge is 0.321 e. The molecule has 0 saturated carbocycles. The monoisotopic (exact) mass is 398 g/mol. The minimum Gasteiger partial charge on any atom is -0.321 e. The van der Waals surface area contributed by atoms with Gasteiger partial charge >= 0.3 is 0 Å². The van der Waals surface area contributed by atoms with Gasteiger partial charge in [0.05, 0.1) is 34.2 Å². The van der Waals surface area contributed by atoms with Gasteiger partial charge in [0.2, 0.25) is 10.0 Å². The van der Waals surface area contributed by atoms with Crippen molar-refractivity contribution in [3.63, 3.8) is 0 Å². The summed E-state index contributed by atoms with van der Waals surface area (Å²) in [5, 5.41) is 3.26. The van der Waals surface area contributed by atoms with Gasteiger partial charge in [0.1, 0.15) is 0 Å². The van der Waals surface area contributed by atoms with E-state index >= 15 is 0 Å². The number of halogens is 2. The number of anilines is 2. The lowest BCUT2D eigenvalue weighted by atomic mass is 10.2. The van der Waals surface area contributed by atoms with Crippen LogP contribution in [0.5, 0.6) is 0 Å². The maximum absolute atomic E-state index is 12.3. The first-order chi connectivity index (χ1) is 11.7. The van der Waals surface area contributed by atoms with E-state index < -0.39 is 10.0 Å². The second kappa shape index (κ2) is 7.91. The second-order valence-corrected chi connectivity index (χ2v) is 7.88. The Hall–Kier alpha value is -2.02. The third kappa shape index (κ3) is 4.75. The molecule has 0 unspecified atom stereocenters. The van der Waals surface area contributed by atoms with Crippen molar-refractivity contribution in [3.05, 3.63) is 70.7 Å². The quantitative estimate of drug-likeness (QED) is 0.741. The van der Waals surface area contributed by atoms with Crippen LogP contribution in [0.4, 0.5) is 11.4 Å². The molecule has 0 aliphatic rings. The van der Waals surface area contributed by atoms with Gasteiger partial charge in [-0.1, -0.05) is 35.3 Å². The van der Waals surface area contributed by atoms with Gasteiger partial charge in [0.15, 0.2) is 0 Å². The summed E-state index contributed by atoms with van der Waals surface area (Å²) in [5.41, 5.74) is 1.19. The summed E-state index contributed by atoms with van der Waals surface area (Å²) in [4.78, 5) is 12.3. The molecule has 0 radical (unpaired) electrons. The van der Waals surface area contributed by atoms with Crippen LogP contribution in [0, 0.1) is 0 Å². The molecule has 5 nitrogen and oxygen atoms in total. The zero-order chi connectivity index (χ0) is 18.6. The Labute approximate surface area is 156 Å². The van der Waals surface area contributed by atoms with Crippen LogP contribution in [0.1, 0.15) is 10.4 Å². The summed E-state index contributed by atoms with van der Waals surface area (Å²) in [6.07, 6.45) is 2.60. The molecular formula is C17H16Cl2N2O3S. The molecule has 0 heterocycles. The van der Waals surface area contributed by atoms with Crippen LogP contribution in [0.3, 0.4) is 0 Å². The molecule has 2 aromatic rings. The van der Waals surface area contributed by atoms with Crippen molar-refractivity contribution >= 4 is 50.5 Å². The van der Waals surface area contributed by atoms with Gasteiger partial charge in [-0.15, -0.1) is 6.58 Å². The summed E-state index contributed by atoms with van der Waals surface area (Å²) in [6, 6.07) is 11.1. The molecule has 1 N–H and O–H groups in total. The third-order valence-electron chi connectivity index (χ3n) is 3.31. The maximum Gasteiger partial charge on any atom is 0.255 e. The smallest absolute Gasteiger partial charge is 0.255 e.